The van der Waals surface area contributed by atoms with Gasteiger partial charge in [0.25, 0.3) is 0 Å². The molecule has 0 saturated heterocycles. The van der Waals surface area contributed by atoms with E-state index in [0.717, 1.165) is 32.9 Å². The highest BCUT2D eigenvalue weighted by atomic mass is 79.9. The molecule has 0 saturated carbocycles. The first kappa shape index (κ1) is 17.4. The van der Waals surface area contributed by atoms with E-state index in [2.05, 4.69) is 20.9 Å². The maximum Gasteiger partial charge on any atom is 0.152 e. The van der Waals surface area contributed by atoms with Gasteiger partial charge in [0.15, 0.2) is 5.75 Å². The number of hydrogen-bond acceptors (Lipinski definition) is 3. The van der Waals surface area contributed by atoms with E-state index in [9.17, 15) is 0 Å². The lowest BCUT2D eigenvalue weighted by atomic mass is 10.2. The SMILES string of the molecule is Clc1ccc(COc2c(Cl)cc(C3=NCCS3)cc2Br)cc1Cl. The zero-order valence-electron chi connectivity index (χ0n) is 11.8. The van der Waals surface area contributed by atoms with Gasteiger partial charge in [0.05, 0.1) is 24.6 Å². The second kappa shape index (κ2) is 7.66. The van der Waals surface area contributed by atoms with E-state index in [1.54, 1.807) is 23.9 Å². The number of halogens is 4. The van der Waals surface area contributed by atoms with E-state index in [-0.39, 0.29) is 0 Å². The lowest BCUT2D eigenvalue weighted by molar-refractivity contribution is 0.304. The molecule has 3 rings (SSSR count). The fourth-order valence-corrected chi connectivity index (χ4v) is 4.24. The molecular formula is C16H11BrCl3NOS. The zero-order chi connectivity index (χ0) is 16.4. The van der Waals surface area contributed by atoms with Gasteiger partial charge >= 0.3 is 0 Å². The van der Waals surface area contributed by atoms with Gasteiger partial charge in [0, 0.05) is 17.9 Å². The lowest BCUT2D eigenvalue weighted by Crippen LogP contribution is -1.99. The number of thioether (sulfide) groups is 1. The van der Waals surface area contributed by atoms with Crippen molar-refractivity contribution in [2.45, 2.75) is 6.61 Å². The van der Waals surface area contributed by atoms with Crippen LogP contribution in [0, 0.1) is 0 Å². The lowest BCUT2D eigenvalue weighted by Gasteiger charge is -2.12. The van der Waals surface area contributed by atoms with Crippen LogP contribution in [0.5, 0.6) is 5.75 Å². The molecule has 0 aliphatic carbocycles. The molecule has 0 unspecified atom stereocenters. The minimum atomic E-state index is 0.351. The highest BCUT2D eigenvalue weighted by Gasteiger charge is 2.15. The molecule has 0 atom stereocenters. The number of nitrogens with zero attached hydrogens (tertiary/aromatic N) is 1. The molecule has 2 aromatic carbocycles. The summed E-state index contributed by atoms with van der Waals surface area (Å²) in [5.41, 5.74) is 1.92. The third-order valence-electron chi connectivity index (χ3n) is 3.20. The van der Waals surface area contributed by atoms with E-state index < -0.39 is 0 Å². The van der Waals surface area contributed by atoms with Crippen molar-refractivity contribution in [1.29, 1.82) is 0 Å². The molecule has 2 nitrogen and oxygen atoms in total. The summed E-state index contributed by atoms with van der Waals surface area (Å²) in [6.45, 7) is 1.20. The van der Waals surface area contributed by atoms with Crippen LogP contribution in [0.4, 0.5) is 0 Å². The normalized spacial score (nSPS) is 14.0. The van der Waals surface area contributed by atoms with Crippen LogP contribution >= 0.6 is 62.5 Å². The van der Waals surface area contributed by atoms with Gasteiger partial charge in [-0.05, 0) is 45.8 Å². The van der Waals surface area contributed by atoms with Crippen LogP contribution in [-0.4, -0.2) is 17.3 Å². The largest absolute Gasteiger partial charge is 0.486 e. The van der Waals surface area contributed by atoms with Crippen LogP contribution < -0.4 is 4.74 Å². The minimum Gasteiger partial charge on any atom is -0.486 e. The topological polar surface area (TPSA) is 21.6 Å². The molecule has 0 amide bonds. The fourth-order valence-electron chi connectivity index (χ4n) is 2.12. The number of ether oxygens (including phenoxy) is 1. The average Bonchev–Trinajstić information content (AvgIpc) is 3.04. The number of rotatable bonds is 4. The van der Waals surface area contributed by atoms with Gasteiger partial charge in [-0.3, -0.25) is 4.99 Å². The predicted octanol–water partition coefficient (Wildman–Crippen LogP) is 6.48. The smallest absolute Gasteiger partial charge is 0.152 e. The van der Waals surface area contributed by atoms with Crippen molar-refractivity contribution < 1.29 is 4.74 Å². The molecule has 7 heteroatoms. The first-order valence-electron chi connectivity index (χ1n) is 6.78. The molecule has 1 heterocycles. The standard InChI is InChI=1S/C16H11BrCl3NOS/c17-11-6-10(16-21-3-4-23-16)7-14(20)15(11)22-8-9-1-2-12(18)13(19)5-9/h1-2,5-7H,3-4,8H2. The Bertz CT molecular complexity index is 759. The molecule has 23 heavy (non-hydrogen) atoms. The van der Waals surface area contributed by atoms with Gasteiger partial charge in [-0.2, -0.15) is 0 Å². The number of benzene rings is 2. The summed E-state index contributed by atoms with van der Waals surface area (Å²) in [6.07, 6.45) is 0. The Morgan fingerprint density at radius 1 is 1.09 bits per heavy atom. The van der Waals surface area contributed by atoms with Crippen molar-refractivity contribution in [2.24, 2.45) is 4.99 Å². The van der Waals surface area contributed by atoms with Crippen LogP contribution in [0.25, 0.3) is 0 Å². The Labute approximate surface area is 162 Å². The molecule has 0 radical (unpaired) electrons. The third kappa shape index (κ3) is 4.18. The van der Waals surface area contributed by atoms with E-state index in [1.165, 1.54) is 0 Å². The Kier molecular flexibility index (Phi) is 5.81. The van der Waals surface area contributed by atoms with Crippen molar-refractivity contribution in [3.63, 3.8) is 0 Å². The van der Waals surface area contributed by atoms with Crippen LogP contribution in [0.15, 0.2) is 39.8 Å². The Balaban J connectivity index is 1.78. The van der Waals surface area contributed by atoms with Crippen LogP contribution in [0.2, 0.25) is 15.1 Å². The Hall–Kier alpha value is -0.390. The fraction of sp³-hybridized carbons (Fsp3) is 0.188. The zero-order valence-corrected chi connectivity index (χ0v) is 16.5. The molecule has 1 aliphatic heterocycles. The Morgan fingerprint density at radius 3 is 2.57 bits per heavy atom. The summed E-state index contributed by atoms with van der Waals surface area (Å²) in [5, 5.41) is 2.59. The van der Waals surface area contributed by atoms with E-state index >= 15 is 0 Å². The summed E-state index contributed by atoms with van der Waals surface area (Å²) in [5.74, 6) is 1.62. The highest BCUT2D eigenvalue weighted by Crippen LogP contribution is 2.37. The molecule has 0 aromatic heterocycles. The van der Waals surface area contributed by atoms with Crippen molar-refractivity contribution >= 4 is 67.5 Å². The van der Waals surface area contributed by atoms with Crippen molar-refractivity contribution in [3.05, 3.63) is 61.0 Å². The molecule has 0 N–H and O–H groups in total. The Morgan fingerprint density at radius 2 is 1.91 bits per heavy atom. The molecular weight excluding hydrogens is 441 g/mol. The summed E-state index contributed by atoms with van der Waals surface area (Å²) in [7, 11) is 0. The number of hydrogen-bond donors (Lipinski definition) is 0. The molecule has 0 fully saturated rings. The minimum absolute atomic E-state index is 0.351. The average molecular weight is 452 g/mol. The third-order valence-corrected chi connectivity index (χ3v) is 5.83. The number of aliphatic imine (C=N–C) groups is 1. The first-order valence-corrected chi connectivity index (χ1v) is 9.69. The maximum atomic E-state index is 6.37. The van der Waals surface area contributed by atoms with Crippen molar-refractivity contribution in [3.8, 4) is 5.75 Å². The van der Waals surface area contributed by atoms with Gasteiger partial charge in [-0.25, -0.2) is 0 Å². The second-order valence-electron chi connectivity index (χ2n) is 4.84. The predicted molar refractivity (Wildman–Crippen MR) is 104 cm³/mol. The van der Waals surface area contributed by atoms with Crippen molar-refractivity contribution in [2.75, 3.05) is 12.3 Å². The summed E-state index contributed by atoms with van der Waals surface area (Å²) in [4.78, 5) is 4.46. The van der Waals surface area contributed by atoms with Gasteiger partial charge < -0.3 is 4.74 Å². The van der Waals surface area contributed by atoms with Gasteiger partial charge in [-0.15, -0.1) is 11.8 Å². The quantitative estimate of drug-likeness (QED) is 0.530. The van der Waals surface area contributed by atoms with Crippen LogP contribution in [0.1, 0.15) is 11.1 Å². The van der Waals surface area contributed by atoms with Crippen molar-refractivity contribution in [1.82, 2.24) is 0 Å². The molecule has 0 bridgehead atoms. The summed E-state index contributed by atoms with van der Waals surface area (Å²) >= 11 is 23.6. The van der Waals surface area contributed by atoms with Gasteiger partial charge in [0.1, 0.15) is 6.61 Å². The summed E-state index contributed by atoms with van der Waals surface area (Å²) < 4.78 is 6.64. The first-order chi connectivity index (χ1) is 11.0. The van der Waals surface area contributed by atoms with E-state index in [1.807, 2.05) is 18.2 Å². The monoisotopic (exact) mass is 449 g/mol. The maximum absolute atomic E-state index is 6.37. The van der Waals surface area contributed by atoms with Crippen LogP contribution in [0.3, 0.4) is 0 Å². The van der Waals surface area contributed by atoms with E-state index in [4.69, 9.17) is 39.5 Å². The second-order valence-corrected chi connectivity index (χ2v) is 8.00. The van der Waals surface area contributed by atoms with Gasteiger partial charge in [0.2, 0.25) is 0 Å². The highest BCUT2D eigenvalue weighted by molar-refractivity contribution is 9.10. The van der Waals surface area contributed by atoms with Gasteiger partial charge in [-0.1, -0.05) is 40.9 Å². The van der Waals surface area contributed by atoms with Crippen LogP contribution in [-0.2, 0) is 6.61 Å². The molecule has 0 spiro atoms. The van der Waals surface area contributed by atoms with E-state index in [0.29, 0.717) is 27.4 Å². The molecule has 1 aliphatic rings. The molecule has 2 aromatic rings. The molecule has 120 valence electrons. The summed E-state index contributed by atoms with van der Waals surface area (Å²) in [6, 6.07) is 9.26.